The number of hydrogen-bond donors (Lipinski definition) is 0. The maximum atomic E-state index is 13.9. The fourth-order valence-corrected chi connectivity index (χ4v) is 10.5. The Kier molecular flexibility index (Phi) is 16.4. The first-order valence-electron chi connectivity index (χ1n) is 24.9. The third-order valence-electron chi connectivity index (χ3n) is 13.5. The molecule has 2 aromatic heterocycles. The van der Waals surface area contributed by atoms with Crippen LogP contribution in [-0.2, 0) is 14.3 Å². The molecule has 8 aromatic rings. The molecule has 10 rings (SSSR count). The number of hydrogen-bond acceptors (Lipinski definition) is 6. The van der Waals surface area contributed by atoms with Crippen molar-refractivity contribution in [2.45, 2.75) is 84.6 Å². The quantitative estimate of drug-likeness (QED) is 0.0649. The number of aromatic nitrogens is 4. The van der Waals surface area contributed by atoms with Crippen LogP contribution in [0.2, 0.25) is 10.0 Å². The van der Waals surface area contributed by atoms with E-state index >= 15 is 0 Å². The Morgan fingerprint density at radius 3 is 1.42 bits per heavy atom. The number of allylic oxidation sites excluding steroid dienone is 3. The van der Waals surface area contributed by atoms with Crippen LogP contribution in [0.5, 0.6) is 0 Å². The van der Waals surface area contributed by atoms with E-state index in [4.69, 9.17) is 32.7 Å². The summed E-state index contributed by atoms with van der Waals surface area (Å²) in [6.07, 6.45) is 15.6. The SMILES string of the molecule is CC/C(=C(/c1ccc(/C=C/C(C)=O)cc1)c1ccc2c(cnn2C2CCCCO2)c1)c1ccc(F)cc1Cl.CC/C(=C(/c1ccc(C=O)cc1)c1ccc2c(cnn2C2CCCCO2)c1)c1ccc(F)cc1Cl. The highest BCUT2D eigenvalue weighted by Gasteiger charge is 2.23. The normalized spacial score (nSPS) is 16.8. The lowest BCUT2D eigenvalue weighted by Gasteiger charge is -2.23. The molecule has 0 bridgehead atoms. The lowest BCUT2D eigenvalue weighted by Crippen LogP contribution is -2.18. The first-order valence-corrected chi connectivity index (χ1v) is 25.7. The summed E-state index contributed by atoms with van der Waals surface area (Å²) in [6.45, 7) is 7.19. The van der Waals surface area contributed by atoms with Crippen LogP contribution in [-0.4, -0.2) is 44.8 Å². The Balaban J connectivity index is 0.000000180. The van der Waals surface area contributed by atoms with Gasteiger partial charge in [-0.2, -0.15) is 10.2 Å². The maximum absolute atomic E-state index is 13.9. The number of carbonyl (C=O) groups is 2. The number of benzene rings is 6. The molecule has 0 saturated carbocycles. The average molecular weight is 1020 g/mol. The maximum Gasteiger partial charge on any atom is 0.152 e. The van der Waals surface area contributed by atoms with E-state index in [1.165, 1.54) is 31.2 Å². The van der Waals surface area contributed by atoms with Gasteiger partial charge in [0.1, 0.15) is 17.9 Å². The molecule has 2 fully saturated rings. The molecule has 372 valence electrons. The van der Waals surface area contributed by atoms with E-state index in [2.05, 4.69) is 60.4 Å². The second kappa shape index (κ2) is 23.4. The van der Waals surface area contributed by atoms with Gasteiger partial charge in [0, 0.05) is 29.5 Å². The fourth-order valence-electron chi connectivity index (χ4n) is 9.91. The number of ketones is 1. The van der Waals surface area contributed by atoms with Crippen LogP contribution >= 0.6 is 23.2 Å². The van der Waals surface area contributed by atoms with Crippen molar-refractivity contribution in [3.05, 3.63) is 206 Å². The summed E-state index contributed by atoms with van der Waals surface area (Å²) >= 11 is 13.1. The number of rotatable bonds is 13. The van der Waals surface area contributed by atoms with E-state index in [1.54, 1.807) is 36.4 Å². The van der Waals surface area contributed by atoms with Crippen molar-refractivity contribution in [2.24, 2.45) is 0 Å². The highest BCUT2D eigenvalue weighted by molar-refractivity contribution is 6.33. The Bertz CT molecular complexity index is 3380. The number of carbonyl (C=O) groups excluding carboxylic acids is 2. The Morgan fingerprint density at radius 2 is 1.04 bits per heavy atom. The van der Waals surface area contributed by atoms with Crippen LogP contribution in [0.1, 0.15) is 134 Å². The van der Waals surface area contributed by atoms with Gasteiger partial charge >= 0.3 is 0 Å². The minimum Gasteiger partial charge on any atom is -0.356 e. The standard InChI is InChI=1S/C32H30ClFN2O2.C29H26ClFN2O2/c1-3-27(28-15-14-26(34)19-29(28)33)32(23-11-9-22(10-12-23)8-7-21(2)37)24-13-16-30-25(18-24)20-35-36(30)31-6-4-5-17-38-31;1-2-24(25-12-11-23(31)16-26(25)30)29(20-8-6-19(18-34)7-9-20)21-10-13-27-22(15-21)17-32-33(27)28-5-3-4-14-35-28/h7-16,18-20,31H,3-6,17H2,1-2H3;6-13,15-18,28H,2-5,14H2,1H3/b8-7+,32-27+;29-24+. The summed E-state index contributed by atoms with van der Waals surface area (Å²) in [4.78, 5) is 22.6. The van der Waals surface area contributed by atoms with Crippen molar-refractivity contribution in [2.75, 3.05) is 13.2 Å². The molecule has 2 saturated heterocycles. The smallest absolute Gasteiger partial charge is 0.152 e. The van der Waals surface area contributed by atoms with Crippen LogP contribution < -0.4 is 0 Å². The molecule has 4 heterocycles. The largest absolute Gasteiger partial charge is 0.356 e. The third-order valence-corrected chi connectivity index (χ3v) is 14.1. The second-order valence-corrected chi connectivity index (χ2v) is 19.2. The highest BCUT2D eigenvalue weighted by Crippen LogP contribution is 2.41. The summed E-state index contributed by atoms with van der Waals surface area (Å²) in [6, 6.07) is 37.3. The van der Waals surface area contributed by atoms with Crippen LogP contribution in [0.25, 0.3) is 50.2 Å². The van der Waals surface area contributed by atoms with Crippen LogP contribution in [0.3, 0.4) is 0 Å². The minimum absolute atomic E-state index is 0.00126. The topological polar surface area (TPSA) is 88.2 Å². The molecule has 73 heavy (non-hydrogen) atoms. The number of fused-ring (bicyclic) bond motifs is 2. The predicted octanol–water partition coefficient (Wildman–Crippen LogP) is 16.2. The molecule has 0 aliphatic carbocycles. The lowest BCUT2D eigenvalue weighted by molar-refractivity contribution is -0.112. The van der Waals surface area contributed by atoms with Crippen molar-refractivity contribution >= 4 is 85.4 Å². The van der Waals surface area contributed by atoms with Crippen LogP contribution in [0, 0.1) is 11.6 Å². The molecule has 0 radical (unpaired) electrons. The van der Waals surface area contributed by atoms with E-state index in [1.807, 2.05) is 58.2 Å². The van der Waals surface area contributed by atoms with Crippen molar-refractivity contribution < 1.29 is 27.8 Å². The van der Waals surface area contributed by atoms with Crippen molar-refractivity contribution in [3.8, 4) is 0 Å². The van der Waals surface area contributed by atoms with Gasteiger partial charge in [-0.25, -0.2) is 18.1 Å². The number of halogens is 4. The third kappa shape index (κ3) is 11.5. The first-order chi connectivity index (χ1) is 35.5. The monoisotopic (exact) mass is 1020 g/mol. The zero-order chi connectivity index (χ0) is 51.0. The van der Waals surface area contributed by atoms with Gasteiger partial charge in [0.25, 0.3) is 0 Å². The van der Waals surface area contributed by atoms with Crippen molar-refractivity contribution in [1.29, 1.82) is 0 Å². The van der Waals surface area contributed by atoms with Gasteiger partial charge in [0.15, 0.2) is 18.2 Å². The lowest BCUT2D eigenvalue weighted by atomic mass is 9.87. The molecule has 2 aliphatic rings. The Hall–Kier alpha value is -6.82. The molecule has 12 heteroatoms. The Labute approximate surface area is 434 Å². The fraction of sp³-hybridized carbons (Fsp3) is 0.246. The van der Waals surface area contributed by atoms with Gasteiger partial charge in [-0.15, -0.1) is 0 Å². The summed E-state index contributed by atoms with van der Waals surface area (Å²) in [7, 11) is 0. The van der Waals surface area contributed by atoms with Crippen molar-refractivity contribution in [1.82, 2.24) is 19.6 Å². The molecular weight excluding hydrogens is 962 g/mol. The number of nitrogens with zero attached hydrogens (tertiary/aromatic N) is 4. The van der Waals surface area contributed by atoms with Gasteiger partial charge in [-0.3, -0.25) is 9.59 Å². The van der Waals surface area contributed by atoms with E-state index < -0.39 is 0 Å². The number of aldehydes is 1. The second-order valence-electron chi connectivity index (χ2n) is 18.3. The van der Waals surface area contributed by atoms with Gasteiger partial charge in [0.2, 0.25) is 0 Å². The van der Waals surface area contributed by atoms with Crippen LogP contribution in [0.15, 0.2) is 140 Å². The van der Waals surface area contributed by atoms with Crippen molar-refractivity contribution in [3.63, 3.8) is 0 Å². The molecule has 2 atom stereocenters. The van der Waals surface area contributed by atoms with E-state index in [0.717, 1.165) is 141 Å². The zero-order valence-electron chi connectivity index (χ0n) is 41.1. The summed E-state index contributed by atoms with van der Waals surface area (Å²) in [5.74, 6) is -0.734. The predicted molar refractivity (Wildman–Crippen MR) is 290 cm³/mol. The molecule has 0 spiro atoms. The zero-order valence-corrected chi connectivity index (χ0v) is 42.6. The molecule has 6 aromatic carbocycles. The van der Waals surface area contributed by atoms with Gasteiger partial charge in [-0.05, 0) is 174 Å². The average Bonchev–Trinajstić information content (AvgIpc) is 4.05. The van der Waals surface area contributed by atoms with Crippen LogP contribution in [0.4, 0.5) is 8.78 Å². The van der Waals surface area contributed by atoms with Gasteiger partial charge < -0.3 is 9.47 Å². The van der Waals surface area contributed by atoms with Gasteiger partial charge in [-0.1, -0.05) is 116 Å². The minimum atomic E-state index is -0.371. The van der Waals surface area contributed by atoms with E-state index in [0.29, 0.717) is 28.5 Å². The molecule has 0 N–H and O–H groups in total. The van der Waals surface area contributed by atoms with Gasteiger partial charge in [0.05, 0.1) is 33.5 Å². The summed E-state index contributed by atoms with van der Waals surface area (Å²) in [5.41, 5.74) is 13.2. The van der Waals surface area contributed by atoms with E-state index in [9.17, 15) is 18.4 Å². The summed E-state index contributed by atoms with van der Waals surface area (Å²) in [5, 5.41) is 12.1. The molecule has 2 unspecified atom stereocenters. The Morgan fingerprint density at radius 1 is 0.603 bits per heavy atom. The number of ether oxygens (including phenoxy) is 2. The molecular formula is C61H56Cl2F2N4O4. The molecule has 2 aliphatic heterocycles. The first kappa shape index (κ1) is 51.1. The molecule has 0 amide bonds. The van der Waals surface area contributed by atoms with E-state index in [-0.39, 0.29) is 29.9 Å². The summed E-state index contributed by atoms with van der Waals surface area (Å²) < 4.78 is 43.6. The molecule has 8 nitrogen and oxygen atoms in total. The highest BCUT2D eigenvalue weighted by atomic mass is 35.5.